The smallest absolute Gasteiger partial charge is 0.475 e. The van der Waals surface area contributed by atoms with E-state index in [0.717, 1.165) is 22.3 Å². The molecular formula is C26H24F6N4O5. The van der Waals surface area contributed by atoms with Crippen molar-refractivity contribution in [3.05, 3.63) is 95.1 Å². The van der Waals surface area contributed by atoms with Crippen molar-refractivity contribution in [3.63, 3.8) is 0 Å². The topological polar surface area (TPSA) is 184 Å². The first-order chi connectivity index (χ1) is 18.9. The maximum atomic E-state index is 10.6. The molecule has 41 heavy (non-hydrogen) atoms. The van der Waals surface area contributed by atoms with Crippen molar-refractivity contribution in [2.24, 2.45) is 11.5 Å². The van der Waals surface area contributed by atoms with Gasteiger partial charge in [-0.2, -0.15) is 26.3 Å². The van der Waals surface area contributed by atoms with Crippen molar-refractivity contribution in [1.29, 1.82) is 10.8 Å². The molecule has 0 aliphatic carbocycles. The normalized spacial score (nSPS) is 10.8. The predicted octanol–water partition coefficient (Wildman–Crippen LogP) is 4.91. The highest BCUT2D eigenvalue weighted by atomic mass is 19.4. The van der Waals surface area contributed by atoms with Crippen LogP contribution in [-0.4, -0.2) is 46.2 Å². The third kappa shape index (κ3) is 12.2. The predicted molar refractivity (Wildman–Crippen MR) is 136 cm³/mol. The molecule has 3 aromatic rings. The molecule has 220 valence electrons. The molecule has 0 radical (unpaired) electrons. The van der Waals surface area contributed by atoms with Gasteiger partial charge in [0.15, 0.2) is 0 Å². The van der Waals surface area contributed by atoms with E-state index in [-0.39, 0.29) is 11.7 Å². The third-order valence-corrected chi connectivity index (χ3v) is 4.78. The van der Waals surface area contributed by atoms with E-state index >= 15 is 0 Å². The van der Waals surface area contributed by atoms with E-state index in [9.17, 15) is 26.3 Å². The van der Waals surface area contributed by atoms with Crippen molar-refractivity contribution in [2.45, 2.75) is 25.6 Å². The SMILES string of the molecule is N=C(N)c1ccc(COCc2ccccc2-c2cccc(C(=N)N)c2)cc1.O=C(O)C(F)(F)F.O=C(O)C(F)(F)F. The summed E-state index contributed by atoms with van der Waals surface area (Å²) in [6.07, 6.45) is -10.2. The molecule has 0 atom stereocenters. The van der Waals surface area contributed by atoms with Gasteiger partial charge in [-0.05, 0) is 28.3 Å². The monoisotopic (exact) mass is 586 g/mol. The number of nitrogen functional groups attached to an aromatic ring is 2. The zero-order chi connectivity index (χ0) is 31.4. The Morgan fingerprint density at radius 2 is 1.20 bits per heavy atom. The Labute approximate surface area is 229 Å². The minimum Gasteiger partial charge on any atom is -0.475 e. The lowest BCUT2D eigenvalue weighted by molar-refractivity contribution is -0.193. The molecule has 0 aromatic heterocycles. The van der Waals surface area contributed by atoms with Gasteiger partial charge in [-0.25, -0.2) is 9.59 Å². The summed E-state index contributed by atoms with van der Waals surface area (Å²) in [6, 6.07) is 23.2. The molecule has 0 spiro atoms. The first kappa shape index (κ1) is 34.1. The fraction of sp³-hybridized carbons (Fsp3) is 0.154. The number of carboxylic acid groups (broad SMARTS) is 2. The summed E-state index contributed by atoms with van der Waals surface area (Å²) in [5, 5.41) is 29.3. The molecular weight excluding hydrogens is 562 g/mol. The van der Waals surface area contributed by atoms with Crippen LogP contribution in [0, 0.1) is 10.8 Å². The third-order valence-electron chi connectivity index (χ3n) is 4.78. The van der Waals surface area contributed by atoms with Crippen LogP contribution in [0.25, 0.3) is 11.1 Å². The van der Waals surface area contributed by atoms with E-state index in [1.807, 2.05) is 72.8 Å². The van der Waals surface area contributed by atoms with Gasteiger partial charge in [0.2, 0.25) is 0 Å². The van der Waals surface area contributed by atoms with Gasteiger partial charge in [0, 0.05) is 11.1 Å². The molecule has 0 saturated heterocycles. The minimum atomic E-state index is -5.08. The summed E-state index contributed by atoms with van der Waals surface area (Å²) < 4.78 is 69.4. The minimum absolute atomic E-state index is 0.0552. The molecule has 3 rings (SSSR count). The Morgan fingerprint density at radius 1 is 0.707 bits per heavy atom. The number of hydrogen-bond acceptors (Lipinski definition) is 5. The first-order valence-corrected chi connectivity index (χ1v) is 11.1. The number of carbonyl (C=O) groups is 2. The van der Waals surface area contributed by atoms with E-state index in [1.165, 1.54) is 0 Å². The summed E-state index contributed by atoms with van der Waals surface area (Å²) in [4.78, 5) is 17.8. The van der Waals surface area contributed by atoms with Crippen molar-refractivity contribution in [1.82, 2.24) is 0 Å². The molecule has 15 heteroatoms. The molecule has 0 amide bonds. The quantitative estimate of drug-likeness (QED) is 0.129. The average Bonchev–Trinajstić information content (AvgIpc) is 2.89. The number of carboxylic acids is 2. The van der Waals surface area contributed by atoms with Crippen LogP contribution in [0.4, 0.5) is 26.3 Å². The second-order valence-corrected chi connectivity index (χ2v) is 7.86. The molecule has 0 fully saturated rings. The molecule has 0 aliphatic heterocycles. The first-order valence-electron chi connectivity index (χ1n) is 11.1. The molecule has 0 aliphatic rings. The number of rotatable bonds is 7. The van der Waals surface area contributed by atoms with Crippen LogP contribution in [0.2, 0.25) is 0 Å². The Bertz CT molecular complexity index is 1340. The van der Waals surface area contributed by atoms with Crippen molar-refractivity contribution in [3.8, 4) is 11.1 Å². The van der Waals surface area contributed by atoms with Crippen molar-refractivity contribution < 1.29 is 50.9 Å². The number of amidine groups is 2. The molecule has 0 bridgehead atoms. The fourth-order valence-corrected chi connectivity index (χ4v) is 2.84. The van der Waals surface area contributed by atoms with Gasteiger partial charge in [0.1, 0.15) is 11.7 Å². The summed E-state index contributed by atoms with van der Waals surface area (Å²) in [7, 11) is 0. The zero-order valence-corrected chi connectivity index (χ0v) is 20.9. The number of alkyl halides is 6. The van der Waals surface area contributed by atoms with Gasteiger partial charge in [-0.1, -0.05) is 66.7 Å². The number of benzene rings is 3. The second-order valence-electron chi connectivity index (χ2n) is 7.86. The van der Waals surface area contributed by atoms with Crippen LogP contribution in [0.1, 0.15) is 22.3 Å². The highest BCUT2D eigenvalue weighted by Crippen LogP contribution is 2.25. The summed E-state index contributed by atoms with van der Waals surface area (Å²) in [6.45, 7) is 0.939. The highest BCUT2D eigenvalue weighted by molar-refractivity contribution is 5.96. The zero-order valence-electron chi connectivity index (χ0n) is 20.9. The average molecular weight is 586 g/mol. The van der Waals surface area contributed by atoms with Crippen LogP contribution in [0.3, 0.4) is 0 Å². The van der Waals surface area contributed by atoms with E-state index in [2.05, 4.69) is 0 Å². The maximum Gasteiger partial charge on any atom is 0.490 e. The molecule has 0 saturated carbocycles. The number of nitrogens with two attached hydrogens (primary N) is 2. The van der Waals surface area contributed by atoms with E-state index in [1.54, 1.807) is 0 Å². The van der Waals surface area contributed by atoms with E-state index in [0.29, 0.717) is 24.3 Å². The lowest BCUT2D eigenvalue weighted by atomic mass is 9.98. The fourth-order valence-electron chi connectivity index (χ4n) is 2.84. The molecule has 0 heterocycles. The number of aliphatic carboxylic acids is 2. The Balaban J connectivity index is 0.000000497. The number of halogens is 6. The lowest BCUT2D eigenvalue weighted by Crippen LogP contribution is -2.21. The van der Waals surface area contributed by atoms with Gasteiger partial charge >= 0.3 is 24.3 Å². The van der Waals surface area contributed by atoms with Crippen LogP contribution in [0.5, 0.6) is 0 Å². The van der Waals surface area contributed by atoms with Crippen LogP contribution < -0.4 is 11.5 Å². The van der Waals surface area contributed by atoms with Crippen molar-refractivity contribution in [2.75, 3.05) is 0 Å². The molecule has 8 N–H and O–H groups in total. The maximum absolute atomic E-state index is 10.6. The number of hydrogen-bond donors (Lipinski definition) is 6. The summed E-state index contributed by atoms with van der Waals surface area (Å²) >= 11 is 0. The number of ether oxygens (including phenoxy) is 1. The molecule has 9 nitrogen and oxygen atoms in total. The molecule has 3 aromatic carbocycles. The van der Waals surface area contributed by atoms with Crippen LogP contribution in [-0.2, 0) is 27.5 Å². The van der Waals surface area contributed by atoms with Gasteiger partial charge in [0.05, 0.1) is 13.2 Å². The molecule has 0 unspecified atom stereocenters. The van der Waals surface area contributed by atoms with Gasteiger partial charge < -0.3 is 26.4 Å². The summed E-state index contributed by atoms with van der Waals surface area (Å²) in [5.74, 6) is -5.40. The van der Waals surface area contributed by atoms with Crippen LogP contribution >= 0.6 is 0 Å². The standard InChI is InChI=1S/C22H22N4O.2C2HF3O2/c23-21(24)16-10-8-15(9-11-16)13-27-14-19-4-1-2-7-20(19)17-5-3-6-18(12-17)22(25)26;2*3-2(4,5)1(6)7/h1-12H,13-14H2,(H3,23,24)(H3,25,26);2*(H,6,7). The second kappa shape index (κ2) is 15.0. The highest BCUT2D eigenvalue weighted by Gasteiger charge is 2.38. The van der Waals surface area contributed by atoms with Gasteiger partial charge in [-0.3, -0.25) is 10.8 Å². The Morgan fingerprint density at radius 3 is 1.66 bits per heavy atom. The lowest BCUT2D eigenvalue weighted by Gasteiger charge is -2.12. The van der Waals surface area contributed by atoms with E-state index < -0.39 is 24.3 Å². The van der Waals surface area contributed by atoms with Gasteiger partial charge in [-0.15, -0.1) is 0 Å². The van der Waals surface area contributed by atoms with Crippen molar-refractivity contribution >= 4 is 23.6 Å². The van der Waals surface area contributed by atoms with Gasteiger partial charge in [0.25, 0.3) is 0 Å². The largest absolute Gasteiger partial charge is 0.490 e. The Kier molecular flexibility index (Phi) is 12.5. The van der Waals surface area contributed by atoms with E-state index in [4.69, 9.17) is 46.8 Å². The van der Waals surface area contributed by atoms with Crippen LogP contribution in [0.15, 0.2) is 72.8 Å². The number of nitrogens with one attached hydrogen (secondary N) is 2. The Hall–Kier alpha value is -4.92. The summed E-state index contributed by atoms with van der Waals surface area (Å²) in [5.41, 5.74) is 16.6.